The molecule has 0 aliphatic carbocycles. The fourth-order valence-corrected chi connectivity index (χ4v) is 3.46. The first kappa shape index (κ1) is 13.5. The summed E-state index contributed by atoms with van der Waals surface area (Å²) >= 11 is 1.84. The number of hydrogen-bond acceptors (Lipinski definition) is 4. The van der Waals surface area contributed by atoms with Gasteiger partial charge in [0.25, 0.3) is 0 Å². The number of carbonyl (C=O) groups excluding carboxylic acids is 1. The maximum atomic E-state index is 12.0. The molecule has 2 rings (SSSR count). The number of carboxylic acid groups (broad SMARTS) is 1. The van der Waals surface area contributed by atoms with Gasteiger partial charge in [-0.15, -0.1) is 0 Å². The second-order valence-electron chi connectivity index (χ2n) is 4.67. The van der Waals surface area contributed by atoms with E-state index in [2.05, 4.69) is 5.32 Å². The van der Waals surface area contributed by atoms with E-state index < -0.39 is 17.9 Å². The van der Waals surface area contributed by atoms with E-state index in [1.165, 1.54) is 0 Å². The summed E-state index contributed by atoms with van der Waals surface area (Å²) in [6.45, 7) is 0.444. The van der Waals surface area contributed by atoms with E-state index in [-0.39, 0.29) is 25.3 Å². The number of amides is 2. The Kier molecular flexibility index (Phi) is 4.34. The topological polar surface area (TPSA) is 78.9 Å². The zero-order valence-corrected chi connectivity index (χ0v) is 11.1. The molecule has 0 radical (unpaired) electrons. The van der Waals surface area contributed by atoms with Gasteiger partial charge in [-0.25, -0.2) is 4.79 Å². The van der Waals surface area contributed by atoms with Crippen molar-refractivity contribution in [2.24, 2.45) is 5.92 Å². The van der Waals surface area contributed by atoms with Crippen molar-refractivity contribution in [3.8, 4) is 0 Å². The van der Waals surface area contributed by atoms with Gasteiger partial charge in [0.05, 0.1) is 19.3 Å². The van der Waals surface area contributed by atoms with Crippen LogP contribution in [-0.2, 0) is 9.53 Å². The molecule has 0 aromatic carbocycles. The third-order valence-corrected chi connectivity index (χ3v) is 4.63. The largest absolute Gasteiger partial charge is 0.481 e. The highest BCUT2D eigenvalue weighted by Gasteiger charge is 2.36. The molecule has 0 aromatic rings. The average Bonchev–Trinajstić information content (AvgIpc) is 2.98. The minimum Gasteiger partial charge on any atom is -0.481 e. The maximum Gasteiger partial charge on any atom is 0.317 e. The van der Waals surface area contributed by atoms with E-state index in [1.807, 2.05) is 11.8 Å². The van der Waals surface area contributed by atoms with Crippen LogP contribution in [0.1, 0.15) is 6.42 Å². The van der Waals surface area contributed by atoms with Crippen LogP contribution in [0.3, 0.4) is 0 Å². The molecule has 2 fully saturated rings. The van der Waals surface area contributed by atoms with Crippen LogP contribution in [0, 0.1) is 5.92 Å². The summed E-state index contributed by atoms with van der Waals surface area (Å²) in [4.78, 5) is 24.7. The molecular weight excluding hydrogens is 256 g/mol. The van der Waals surface area contributed by atoms with Gasteiger partial charge in [0, 0.05) is 18.8 Å². The first-order valence-corrected chi connectivity index (χ1v) is 7.16. The van der Waals surface area contributed by atoms with Crippen molar-refractivity contribution in [2.45, 2.75) is 18.5 Å². The number of carbonyl (C=O) groups is 2. The van der Waals surface area contributed by atoms with Gasteiger partial charge in [0.2, 0.25) is 0 Å². The lowest BCUT2D eigenvalue weighted by Crippen LogP contribution is -2.50. The first-order valence-electron chi connectivity index (χ1n) is 6.01. The van der Waals surface area contributed by atoms with Gasteiger partial charge >= 0.3 is 12.0 Å². The smallest absolute Gasteiger partial charge is 0.317 e. The molecule has 0 saturated carbocycles. The van der Waals surface area contributed by atoms with Crippen molar-refractivity contribution in [3.05, 3.63) is 0 Å². The molecule has 7 heteroatoms. The Balaban J connectivity index is 1.88. The minimum absolute atomic E-state index is 0.170. The molecule has 0 bridgehead atoms. The molecule has 2 saturated heterocycles. The summed E-state index contributed by atoms with van der Waals surface area (Å²) in [6, 6.07) is -0.378. The van der Waals surface area contributed by atoms with Gasteiger partial charge < -0.3 is 20.1 Å². The van der Waals surface area contributed by atoms with E-state index in [1.54, 1.807) is 11.9 Å². The Morgan fingerprint density at radius 1 is 1.44 bits per heavy atom. The lowest BCUT2D eigenvalue weighted by Gasteiger charge is -2.26. The molecule has 102 valence electrons. The van der Waals surface area contributed by atoms with E-state index in [0.717, 1.165) is 17.9 Å². The number of aliphatic carboxylic acids is 1. The van der Waals surface area contributed by atoms with Crippen molar-refractivity contribution in [2.75, 3.05) is 31.8 Å². The van der Waals surface area contributed by atoms with Crippen LogP contribution in [0.2, 0.25) is 0 Å². The summed E-state index contributed by atoms with van der Waals surface area (Å²) in [7, 11) is 1.76. The fourth-order valence-electron chi connectivity index (χ4n) is 2.19. The first-order chi connectivity index (χ1) is 8.59. The predicted molar refractivity (Wildman–Crippen MR) is 67.8 cm³/mol. The number of rotatable bonds is 3. The highest BCUT2D eigenvalue weighted by molar-refractivity contribution is 7.99. The fraction of sp³-hybridized carbons (Fsp3) is 0.818. The van der Waals surface area contributed by atoms with Crippen molar-refractivity contribution < 1.29 is 19.4 Å². The lowest BCUT2D eigenvalue weighted by molar-refractivity contribution is -0.142. The van der Waals surface area contributed by atoms with Crippen LogP contribution in [-0.4, -0.2) is 65.9 Å². The zero-order valence-electron chi connectivity index (χ0n) is 10.3. The van der Waals surface area contributed by atoms with Gasteiger partial charge in [-0.3, -0.25) is 4.79 Å². The van der Waals surface area contributed by atoms with Gasteiger partial charge in [0.1, 0.15) is 5.92 Å². The Hall–Kier alpha value is -0.950. The molecule has 6 nitrogen and oxygen atoms in total. The van der Waals surface area contributed by atoms with E-state index in [0.29, 0.717) is 0 Å². The molecule has 2 aliphatic heterocycles. The summed E-state index contributed by atoms with van der Waals surface area (Å²) in [5, 5.41) is 11.8. The van der Waals surface area contributed by atoms with Crippen molar-refractivity contribution in [1.82, 2.24) is 10.2 Å². The molecule has 3 unspecified atom stereocenters. The summed E-state index contributed by atoms with van der Waals surface area (Å²) in [6.07, 6.45) is 0.998. The van der Waals surface area contributed by atoms with Gasteiger partial charge in [-0.1, -0.05) is 0 Å². The number of nitrogens with one attached hydrogen (secondary N) is 1. The maximum absolute atomic E-state index is 12.0. The minimum atomic E-state index is -0.920. The Morgan fingerprint density at radius 2 is 2.22 bits per heavy atom. The molecule has 0 spiro atoms. The standard InChI is InChI=1S/C11H18N2O4S/c1-13(7-2-3-18-6-7)11(16)12-9-5-17-4-8(9)10(14)15/h7-9H,2-6H2,1H3,(H,12,16)(H,14,15). The lowest BCUT2D eigenvalue weighted by atomic mass is 10.0. The number of urea groups is 1. The summed E-state index contributed by atoms with van der Waals surface area (Å²) < 4.78 is 5.12. The quantitative estimate of drug-likeness (QED) is 0.770. The van der Waals surface area contributed by atoms with Gasteiger partial charge in [-0.2, -0.15) is 11.8 Å². The Morgan fingerprint density at radius 3 is 2.83 bits per heavy atom. The van der Waals surface area contributed by atoms with Crippen LogP contribution >= 0.6 is 11.8 Å². The number of thioether (sulfide) groups is 1. The van der Waals surface area contributed by atoms with E-state index in [9.17, 15) is 9.59 Å². The number of hydrogen-bond donors (Lipinski definition) is 2. The molecule has 2 amide bonds. The van der Waals surface area contributed by atoms with Crippen molar-refractivity contribution in [1.29, 1.82) is 0 Å². The van der Waals surface area contributed by atoms with Crippen LogP contribution in [0.5, 0.6) is 0 Å². The SMILES string of the molecule is CN(C(=O)NC1COCC1C(=O)O)C1CCSC1. The zero-order chi connectivity index (χ0) is 13.1. The second-order valence-corrected chi connectivity index (χ2v) is 5.82. The van der Waals surface area contributed by atoms with Crippen molar-refractivity contribution >= 4 is 23.8 Å². The highest BCUT2D eigenvalue weighted by Crippen LogP contribution is 2.22. The molecule has 2 N–H and O–H groups in total. The molecule has 18 heavy (non-hydrogen) atoms. The van der Waals surface area contributed by atoms with Crippen LogP contribution in [0.4, 0.5) is 4.79 Å². The molecular formula is C11H18N2O4S. The third kappa shape index (κ3) is 2.89. The Bertz CT molecular complexity index is 333. The number of carboxylic acids is 1. The number of nitrogens with zero attached hydrogens (tertiary/aromatic N) is 1. The molecule has 2 aliphatic rings. The Labute approximate surface area is 110 Å². The average molecular weight is 274 g/mol. The molecule has 2 heterocycles. The normalized spacial score (nSPS) is 31.3. The van der Waals surface area contributed by atoms with Crippen molar-refractivity contribution in [3.63, 3.8) is 0 Å². The molecule has 3 atom stereocenters. The van der Waals surface area contributed by atoms with Gasteiger partial charge in [0.15, 0.2) is 0 Å². The summed E-state index contributed by atoms with van der Waals surface area (Å²) in [5.74, 6) is 0.470. The second kappa shape index (κ2) is 5.79. The van der Waals surface area contributed by atoms with Crippen LogP contribution in [0.25, 0.3) is 0 Å². The van der Waals surface area contributed by atoms with E-state index in [4.69, 9.17) is 9.84 Å². The monoisotopic (exact) mass is 274 g/mol. The molecule has 0 aromatic heterocycles. The van der Waals surface area contributed by atoms with Crippen LogP contribution < -0.4 is 5.32 Å². The summed E-state index contributed by atoms with van der Waals surface area (Å²) in [5.41, 5.74) is 0. The van der Waals surface area contributed by atoms with E-state index >= 15 is 0 Å². The van der Waals surface area contributed by atoms with Crippen LogP contribution in [0.15, 0.2) is 0 Å². The van der Waals surface area contributed by atoms with Gasteiger partial charge in [-0.05, 0) is 12.2 Å². The highest BCUT2D eigenvalue weighted by atomic mass is 32.2. The predicted octanol–water partition coefficient (Wildman–Crippen LogP) is 0.233. The number of ether oxygens (including phenoxy) is 1. The third-order valence-electron chi connectivity index (χ3n) is 3.48.